The number of unbranched alkanes of at least 4 members (excludes halogenated alkanes) is 36. The lowest BCUT2D eigenvalue weighted by Gasteiger charge is -2.18. The summed E-state index contributed by atoms with van der Waals surface area (Å²) in [5.41, 5.74) is 0. The average molecular weight is 1050 g/mol. The molecule has 0 aromatic rings. The lowest BCUT2D eigenvalue weighted by molar-refractivity contribution is -0.166. The van der Waals surface area contributed by atoms with Crippen LogP contribution in [0.2, 0.25) is 0 Å². The number of rotatable bonds is 59. The minimum Gasteiger partial charge on any atom is -0.462 e. The van der Waals surface area contributed by atoms with Gasteiger partial charge in [-0.1, -0.05) is 325 Å². The second-order valence-corrected chi connectivity index (χ2v) is 21.7. The van der Waals surface area contributed by atoms with E-state index in [4.69, 9.17) is 14.2 Å². The van der Waals surface area contributed by atoms with Crippen LogP contribution in [0.25, 0.3) is 0 Å². The third-order valence-electron chi connectivity index (χ3n) is 14.2. The fourth-order valence-corrected chi connectivity index (χ4v) is 9.41. The predicted octanol–water partition coefficient (Wildman–Crippen LogP) is 22.1. The molecule has 0 aromatic carbocycles. The number of carbonyl (C=O) groups is 3. The molecule has 0 fully saturated rings. The van der Waals surface area contributed by atoms with E-state index in [-0.39, 0.29) is 37.5 Å². The molecule has 0 amide bonds. The van der Waals surface area contributed by atoms with E-state index in [1.165, 1.54) is 205 Å². The van der Waals surface area contributed by atoms with E-state index in [1.54, 1.807) is 0 Å². The van der Waals surface area contributed by atoms with Gasteiger partial charge in [0.05, 0.1) is 0 Å². The fourth-order valence-electron chi connectivity index (χ4n) is 9.41. The number of ether oxygens (including phenoxy) is 3. The summed E-state index contributed by atoms with van der Waals surface area (Å²) in [5, 5.41) is 0. The molecule has 0 saturated heterocycles. The summed E-state index contributed by atoms with van der Waals surface area (Å²) in [6.45, 7) is 6.52. The lowest BCUT2D eigenvalue weighted by Crippen LogP contribution is -2.30. The van der Waals surface area contributed by atoms with E-state index in [1.807, 2.05) is 6.08 Å². The molecule has 0 N–H and O–H groups in total. The summed E-state index contributed by atoms with van der Waals surface area (Å²) in [7, 11) is 0. The van der Waals surface area contributed by atoms with Crippen LogP contribution < -0.4 is 0 Å². The van der Waals surface area contributed by atoms with E-state index in [9.17, 15) is 14.4 Å². The first-order valence-corrected chi connectivity index (χ1v) is 32.4. The van der Waals surface area contributed by atoms with Gasteiger partial charge in [-0.15, -0.1) is 0 Å². The third-order valence-corrected chi connectivity index (χ3v) is 14.2. The van der Waals surface area contributed by atoms with Gasteiger partial charge in [0.15, 0.2) is 6.10 Å². The molecule has 0 saturated carbocycles. The minimum atomic E-state index is -0.804. The molecule has 6 nitrogen and oxygen atoms in total. The van der Waals surface area contributed by atoms with E-state index < -0.39 is 6.10 Å². The number of hydrogen-bond donors (Lipinski definition) is 0. The van der Waals surface area contributed by atoms with Gasteiger partial charge in [0.25, 0.3) is 0 Å². The Balaban J connectivity index is 4.43. The Bertz CT molecular complexity index is 1390. The standard InChI is InChI=1S/C69H122O6/c1-4-7-10-13-16-19-22-25-28-31-34-37-40-43-46-49-52-55-58-61-67(70)73-64-66(75-69(72)63-60-57-54-51-48-45-42-39-36-33-30-27-24-21-18-15-12-9-6-3)65-74-68(71)62-59-56-53-50-47-44-41-38-35-32-29-26-23-20-17-14-11-8-5-2/h7,10,16,19,25,28,34,37,43,46,52,55,66H,4-6,8-9,11-15,17-18,20-24,26-27,29-33,35-36,38-42,44-45,47-51,53-54,56-65H2,1-3H3/b10-7-,19-16-,28-25-,37-34-,46-43-,55-52-. The Hall–Kier alpha value is -3.15. The van der Waals surface area contributed by atoms with Gasteiger partial charge in [-0.05, 0) is 57.8 Å². The summed E-state index contributed by atoms with van der Waals surface area (Å²) in [6.07, 6.45) is 82.1. The Morgan fingerprint density at radius 3 is 0.813 bits per heavy atom. The topological polar surface area (TPSA) is 78.9 Å². The maximum atomic E-state index is 12.9. The summed E-state index contributed by atoms with van der Waals surface area (Å²) < 4.78 is 16.9. The van der Waals surface area contributed by atoms with Gasteiger partial charge >= 0.3 is 17.9 Å². The van der Waals surface area contributed by atoms with Gasteiger partial charge in [-0.25, -0.2) is 0 Å². The Labute approximate surface area is 465 Å². The van der Waals surface area contributed by atoms with Gasteiger partial charge in [-0.2, -0.15) is 0 Å². The molecule has 0 aliphatic heterocycles. The molecule has 0 aromatic heterocycles. The normalized spacial score (nSPS) is 12.5. The van der Waals surface area contributed by atoms with Crippen LogP contribution in [-0.2, 0) is 28.6 Å². The largest absolute Gasteiger partial charge is 0.462 e. The molecule has 75 heavy (non-hydrogen) atoms. The van der Waals surface area contributed by atoms with Crippen molar-refractivity contribution in [1.82, 2.24) is 0 Å². The van der Waals surface area contributed by atoms with E-state index >= 15 is 0 Å². The zero-order chi connectivity index (χ0) is 54.3. The van der Waals surface area contributed by atoms with E-state index in [2.05, 4.69) is 87.6 Å². The van der Waals surface area contributed by atoms with Crippen LogP contribution in [-0.4, -0.2) is 37.2 Å². The summed E-state index contributed by atoms with van der Waals surface area (Å²) in [4.78, 5) is 38.3. The van der Waals surface area contributed by atoms with Crippen molar-refractivity contribution in [3.63, 3.8) is 0 Å². The molecule has 0 aliphatic carbocycles. The molecule has 0 aliphatic rings. The van der Waals surface area contributed by atoms with Gasteiger partial charge in [-0.3, -0.25) is 14.4 Å². The van der Waals surface area contributed by atoms with Crippen LogP contribution >= 0.6 is 0 Å². The highest BCUT2D eigenvalue weighted by atomic mass is 16.6. The first-order valence-electron chi connectivity index (χ1n) is 32.4. The highest BCUT2D eigenvalue weighted by molar-refractivity contribution is 5.71. The highest BCUT2D eigenvalue weighted by Gasteiger charge is 2.19. The number of esters is 3. The van der Waals surface area contributed by atoms with Crippen LogP contribution in [0.3, 0.4) is 0 Å². The van der Waals surface area contributed by atoms with Crippen molar-refractivity contribution in [2.45, 2.75) is 335 Å². The molecular formula is C69H122O6. The van der Waals surface area contributed by atoms with Crippen molar-refractivity contribution in [1.29, 1.82) is 0 Å². The molecule has 0 rings (SSSR count). The second-order valence-electron chi connectivity index (χ2n) is 21.7. The molecule has 434 valence electrons. The van der Waals surface area contributed by atoms with Crippen molar-refractivity contribution in [2.24, 2.45) is 0 Å². The molecule has 1 unspecified atom stereocenters. The van der Waals surface area contributed by atoms with Gasteiger partial charge in [0, 0.05) is 19.3 Å². The van der Waals surface area contributed by atoms with Gasteiger partial charge in [0.1, 0.15) is 13.2 Å². The smallest absolute Gasteiger partial charge is 0.306 e. The quantitative estimate of drug-likeness (QED) is 0.0261. The summed E-state index contributed by atoms with van der Waals surface area (Å²) in [6, 6.07) is 0. The average Bonchev–Trinajstić information content (AvgIpc) is 3.41. The van der Waals surface area contributed by atoms with E-state index in [0.29, 0.717) is 19.3 Å². The maximum absolute atomic E-state index is 12.9. The Kier molecular flexibility index (Phi) is 60.7. The molecule has 6 heteroatoms. The summed E-state index contributed by atoms with van der Waals surface area (Å²) >= 11 is 0. The maximum Gasteiger partial charge on any atom is 0.306 e. The van der Waals surface area contributed by atoms with Gasteiger partial charge in [0.2, 0.25) is 0 Å². The Morgan fingerprint density at radius 1 is 0.280 bits per heavy atom. The molecular weight excluding hydrogens is 925 g/mol. The van der Waals surface area contributed by atoms with Crippen LogP contribution in [0.15, 0.2) is 72.9 Å². The molecule has 0 bridgehead atoms. The third kappa shape index (κ3) is 61.6. The van der Waals surface area contributed by atoms with Crippen LogP contribution in [0.1, 0.15) is 329 Å². The number of hydrogen-bond acceptors (Lipinski definition) is 6. The molecule has 0 radical (unpaired) electrons. The Morgan fingerprint density at radius 2 is 0.520 bits per heavy atom. The van der Waals surface area contributed by atoms with Crippen molar-refractivity contribution < 1.29 is 28.6 Å². The summed E-state index contributed by atoms with van der Waals surface area (Å²) in [5.74, 6) is -0.962. The number of carbonyl (C=O) groups excluding carboxylic acids is 3. The molecule has 0 heterocycles. The van der Waals surface area contributed by atoms with Crippen LogP contribution in [0.5, 0.6) is 0 Å². The van der Waals surface area contributed by atoms with Gasteiger partial charge < -0.3 is 14.2 Å². The zero-order valence-corrected chi connectivity index (χ0v) is 49.8. The van der Waals surface area contributed by atoms with Crippen molar-refractivity contribution >= 4 is 17.9 Å². The zero-order valence-electron chi connectivity index (χ0n) is 49.8. The second kappa shape index (κ2) is 63.4. The molecule has 0 spiro atoms. The van der Waals surface area contributed by atoms with Crippen LogP contribution in [0.4, 0.5) is 0 Å². The number of allylic oxidation sites excluding steroid dienone is 12. The van der Waals surface area contributed by atoms with E-state index in [0.717, 1.165) is 77.0 Å². The first-order chi connectivity index (χ1) is 37.0. The predicted molar refractivity (Wildman–Crippen MR) is 325 cm³/mol. The fraction of sp³-hybridized carbons (Fsp3) is 0.783. The minimum absolute atomic E-state index is 0.0939. The van der Waals surface area contributed by atoms with Crippen molar-refractivity contribution in [2.75, 3.05) is 13.2 Å². The van der Waals surface area contributed by atoms with Crippen LogP contribution in [0, 0.1) is 0 Å². The monoisotopic (exact) mass is 1050 g/mol. The lowest BCUT2D eigenvalue weighted by atomic mass is 10.0. The first kappa shape index (κ1) is 71.8. The van der Waals surface area contributed by atoms with Crippen molar-refractivity contribution in [3.8, 4) is 0 Å². The molecule has 1 atom stereocenters. The SMILES string of the molecule is CC/C=C\C/C=C\C/C=C\C/C=C\C/C=C\C/C=C\CCC(=O)OCC(COC(=O)CCCCCCCCCCCCCCCCCCCCC)OC(=O)CCCCCCCCCCCCCCCCCCCCC. The van der Waals surface area contributed by atoms with Crippen molar-refractivity contribution in [3.05, 3.63) is 72.9 Å². The highest BCUT2D eigenvalue weighted by Crippen LogP contribution is 2.18.